The number of nitrogens with zero attached hydrogens (tertiary/aromatic N) is 3. The zero-order chi connectivity index (χ0) is 15.1. The number of imidazole rings is 1. The molecule has 0 atom stereocenters. The van der Waals surface area contributed by atoms with Gasteiger partial charge in [-0.05, 0) is 9.91 Å². The van der Waals surface area contributed by atoms with Crippen molar-refractivity contribution in [3.63, 3.8) is 0 Å². The first-order valence-corrected chi connectivity index (χ1v) is 6.80. The number of hydrogen-bond acceptors (Lipinski definition) is 6. The van der Waals surface area contributed by atoms with Crippen LogP contribution in [-0.4, -0.2) is 49.5 Å². The van der Waals surface area contributed by atoms with Crippen LogP contribution in [0.2, 0.25) is 0 Å². The lowest BCUT2D eigenvalue weighted by atomic mass is 10.5. The maximum Gasteiger partial charge on any atom is 0.381 e. The van der Waals surface area contributed by atoms with Crippen LogP contribution in [0.15, 0.2) is 6.20 Å². The van der Waals surface area contributed by atoms with Crippen molar-refractivity contribution in [2.45, 2.75) is 13.5 Å². The van der Waals surface area contributed by atoms with E-state index in [1.54, 1.807) is 6.92 Å². The summed E-state index contributed by atoms with van der Waals surface area (Å²) in [5, 5.41) is 21.6. The lowest BCUT2D eigenvalue weighted by molar-refractivity contribution is -0.389. The molecule has 0 aliphatic heterocycles. The van der Waals surface area contributed by atoms with Gasteiger partial charge in [0.15, 0.2) is 0 Å². The molecule has 0 radical (unpaired) electrons. The molecule has 1 heterocycles. The summed E-state index contributed by atoms with van der Waals surface area (Å²) >= 11 is 1.20. The van der Waals surface area contributed by atoms with Crippen LogP contribution in [0.4, 0.5) is 5.82 Å². The summed E-state index contributed by atoms with van der Waals surface area (Å²) in [6.07, 6.45) is 1.20. The van der Waals surface area contributed by atoms with Crippen molar-refractivity contribution in [2.24, 2.45) is 0 Å². The van der Waals surface area contributed by atoms with Crippen molar-refractivity contribution in [3.05, 3.63) is 22.1 Å². The highest BCUT2D eigenvalue weighted by molar-refractivity contribution is 7.99. The fourth-order valence-electron chi connectivity index (χ4n) is 1.37. The summed E-state index contributed by atoms with van der Waals surface area (Å²) in [6.45, 7) is 1.85. The van der Waals surface area contributed by atoms with Crippen LogP contribution in [0.25, 0.3) is 0 Å². The molecular weight excluding hydrogens is 288 g/mol. The highest BCUT2D eigenvalue weighted by Crippen LogP contribution is 2.09. The summed E-state index contributed by atoms with van der Waals surface area (Å²) in [5.41, 5.74) is 0. The number of carbonyl (C=O) groups is 2. The molecule has 9 nitrogen and oxygen atoms in total. The average molecular weight is 302 g/mol. The lowest BCUT2D eigenvalue weighted by Crippen LogP contribution is -2.29. The smallest absolute Gasteiger partial charge is 0.381 e. The van der Waals surface area contributed by atoms with Crippen molar-refractivity contribution in [2.75, 3.05) is 18.1 Å². The molecule has 0 fully saturated rings. The minimum atomic E-state index is -0.900. The molecule has 0 saturated heterocycles. The molecule has 20 heavy (non-hydrogen) atoms. The Balaban J connectivity index is 2.35. The molecule has 0 saturated carbocycles. The second kappa shape index (κ2) is 7.48. The van der Waals surface area contributed by atoms with Gasteiger partial charge >= 0.3 is 11.8 Å². The number of carboxylic acid groups (broad SMARTS) is 1. The highest BCUT2D eigenvalue weighted by atomic mass is 32.2. The number of nitro groups is 1. The normalized spacial score (nSPS) is 10.2. The zero-order valence-corrected chi connectivity index (χ0v) is 11.6. The molecule has 0 spiro atoms. The van der Waals surface area contributed by atoms with Crippen molar-refractivity contribution < 1.29 is 19.6 Å². The topological polar surface area (TPSA) is 127 Å². The van der Waals surface area contributed by atoms with Gasteiger partial charge in [-0.3, -0.25) is 14.2 Å². The average Bonchev–Trinajstić information content (AvgIpc) is 2.70. The molecule has 10 heteroatoms. The number of carbonyl (C=O) groups excluding carboxylic acids is 1. The molecule has 2 N–H and O–H groups in total. The SMILES string of the molecule is Cc1nc([N+](=O)[O-])cn1CC(=O)NCCSCC(=O)O. The third-order valence-corrected chi connectivity index (χ3v) is 3.20. The standard InChI is InChI=1S/C10H14N4O5S/c1-7-12-8(14(18)19)4-13(7)5-9(15)11-2-3-20-6-10(16)17/h4H,2-3,5-6H2,1H3,(H,11,15)(H,16,17). The summed E-state index contributed by atoms with van der Waals surface area (Å²) in [5.74, 6) is -0.650. The van der Waals surface area contributed by atoms with Gasteiger partial charge in [0, 0.05) is 19.2 Å². The second-order valence-corrected chi connectivity index (χ2v) is 4.93. The van der Waals surface area contributed by atoms with E-state index >= 15 is 0 Å². The van der Waals surface area contributed by atoms with E-state index in [0.29, 0.717) is 18.1 Å². The van der Waals surface area contributed by atoms with Gasteiger partial charge in [-0.25, -0.2) is 0 Å². The molecule has 1 aromatic rings. The van der Waals surface area contributed by atoms with E-state index in [2.05, 4.69) is 10.3 Å². The largest absolute Gasteiger partial charge is 0.481 e. The van der Waals surface area contributed by atoms with Crippen molar-refractivity contribution in [1.29, 1.82) is 0 Å². The van der Waals surface area contributed by atoms with E-state index in [-0.39, 0.29) is 24.0 Å². The first-order chi connectivity index (χ1) is 9.40. The first kappa shape index (κ1) is 16.0. The van der Waals surface area contributed by atoms with Crippen molar-refractivity contribution in [1.82, 2.24) is 14.9 Å². The Morgan fingerprint density at radius 3 is 2.85 bits per heavy atom. The third kappa shape index (κ3) is 5.26. The predicted octanol–water partition coefficient (Wildman–Crippen LogP) is 0.0337. The van der Waals surface area contributed by atoms with E-state index in [1.807, 2.05) is 0 Å². The van der Waals surface area contributed by atoms with Gasteiger partial charge in [0.25, 0.3) is 0 Å². The van der Waals surface area contributed by atoms with Gasteiger partial charge in [-0.15, -0.1) is 11.8 Å². The van der Waals surface area contributed by atoms with Gasteiger partial charge < -0.3 is 20.5 Å². The van der Waals surface area contributed by atoms with Crippen LogP contribution >= 0.6 is 11.8 Å². The molecule has 0 aromatic carbocycles. The fourth-order valence-corrected chi connectivity index (χ4v) is 1.94. The summed E-state index contributed by atoms with van der Waals surface area (Å²) < 4.78 is 1.39. The highest BCUT2D eigenvalue weighted by Gasteiger charge is 2.16. The van der Waals surface area contributed by atoms with Crippen LogP contribution in [0.1, 0.15) is 5.82 Å². The van der Waals surface area contributed by atoms with E-state index in [0.717, 1.165) is 0 Å². The number of aryl methyl sites for hydroxylation is 1. The number of aliphatic carboxylic acids is 1. The monoisotopic (exact) mass is 302 g/mol. The minimum Gasteiger partial charge on any atom is -0.481 e. The number of thioether (sulfide) groups is 1. The van der Waals surface area contributed by atoms with Gasteiger partial charge in [-0.2, -0.15) is 0 Å². The molecule has 0 bridgehead atoms. The third-order valence-electron chi connectivity index (χ3n) is 2.26. The Kier molecular flexibility index (Phi) is 5.97. The van der Waals surface area contributed by atoms with Gasteiger partial charge in [-0.1, -0.05) is 0 Å². The summed E-state index contributed by atoms with van der Waals surface area (Å²) in [6, 6.07) is 0. The van der Waals surface area contributed by atoms with Crippen LogP contribution in [-0.2, 0) is 16.1 Å². The number of aromatic nitrogens is 2. The lowest BCUT2D eigenvalue weighted by Gasteiger charge is -2.05. The summed E-state index contributed by atoms with van der Waals surface area (Å²) in [7, 11) is 0. The van der Waals surface area contributed by atoms with Crippen LogP contribution in [0, 0.1) is 17.0 Å². The van der Waals surface area contributed by atoms with E-state index in [9.17, 15) is 19.7 Å². The minimum absolute atomic E-state index is 0.0112. The Hall–Kier alpha value is -2.10. The molecule has 1 amide bonds. The van der Waals surface area contributed by atoms with Gasteiger partial charge in [0.1, 0.15) is 12.7 Å². The van der Waals surface area contributed by atoms with Crippen LogP contribution in [0.3, 0.4) is 0 Å². The molecule has 110 valence electrons. The molecule has 0 aliphatic rings. The Morgan fingerprint density at radius 1 is 1.60 bits per heavy atom. The second-order valence-electron chi connectivity index (χ2n) is 3.83. The first-order valence-electron chi connectivity index (χ1n) is 5.64. The van der Waals surface area contributed by atoms with Crippen molar-refractivity contribution >= 4 is 29.5 Å². The van der Waals surface area contributed by atoms with E-state index < -0.39 is 10.9 Å². The maximum absolute atomic E-state index is 11.6. The quantitative estimate of drug-likeness (QED) is 0.394. The van der Waals surface area contributed by atoms with E-state index in [4.69, 9.17) is 5.11 Å². The van der Waals surface area contributed by atoms with Gasteiger partial charge in [0.2, 0.25) is 11.7 Å². The number of rotatable bonds is 8. The maximum atomic E-state index is 11.6. The molecule has 1 aromatic heterocycles. The molecular formula is C10H14N4O5S. The Labute approximate surface area is 118 Å². The molecule has 0 aliphatic carbocycles. The predicted molar refractivity (Wildman–Crippen MR) is 71.6 cm³/mol. The molecule has 1 rings (SSSR count). The molecule has 0 unspecified atom stereocenters. The Morgan fingerprint density at radius 2 is 2.30 bits per heavy atom. The fraction of sp³-hybridized carbons (Fsp3) is 0.500. The van der Waals surface area contributed by atoms with Crippen LogP contribution < -0.4 is 5.32 Å². The zero-order valence-electron chi connectivity index (χ0n) is 10.7. The van der Waals surface area contributed by atoms with Crippen molar-refractivity contribution in [3.8, 4) is 0 Å². The number of carboxylic acids is 1. The van der Waals surface area contributed by atoms with Crippen LogP contribution in [0.5, 0.6) is 0 Å². The number of hydrogen-bond donors (Lipinski definition) is 2. The van der Waals surface area contributed by atoms with Gasteiger partial charge in [0.05, 0.1) is 5.75 Å². The number of nitrogens with one attached hydrogen (secondary N) is 1. The Bertz CT molecular complexity index is 516. The summed E-state index contributed by atoms with van der Waals surface area (Å²) in [4.78, 5) is 35.5. The number of amides is 1. The van der Waals surface area contributed by atoms with E-state index in [1.165, 1.54) is 22.5 Å².